The summed E-state index contributed by atoms with van der Waals surface area (Å²) in [6.45, 7) is 4.03. The molecule has 0 fully saturated rings. The Morgan fingerprint density at radius 3 is 2.78 bits per heavy atom. The lowest BCUT2D eigenvalue weighted by Gasteiger charge is -2.01. The zero-order valence-electron chi connectivity index (χ0n) is 11.1. The second-order valence-electron chi connectivity index (χ2n) is 4.62. The van der Waals surface area contributed by atoms with E-state index in [1.165, 1.54) is 5.56 Å². The first-order chi connectivity index (χ1) is 8.58. The standard InChI is InChI=1S/C14H18N2O2/c1-10-14(11(2)16(3)15-10)5-4-13(17)8-12-6-7-18-9-12/h6-7,9H,4-5,8H2,1-3H3. The van der Waals surface area contributed by atoms with E-state index in [4.69, 9.17) is 4.42 Å². The van der Waals surface area contributed by atoms with Crippen molar-refractivity contribution >= 4 is 5.78 Å². The predicted octanol–water partition coefficient (Wildman–Crippen LogP) is 2.37. The average Bonchev–Trinajstić information content (AvgIpc) is 2.88. The Morgan fingerprint density at radius 2 is 2.22 bits per heavy atom. The molecule has 96 valence electrons. The Hall–Kier alpha value is -1.84. The quantitative estimate of drug-likeness (QED) is 0.813. The lowest BCUT2D eigenvalue weighted by molar-refractivity contribution is -0.118. The van der Waals surface area contributed by atoms with Gasteiger partial charge >= 0.3 is 0 Å². The number of aryl methyl sites for hydroxylation is 2. The molecule has 0 saturated carbocycles. The maximum atomic E-state index is 11.8. The molecule has 0 unspecified atom stereocenters. The fourth-order valence-corrected chi connectivity index (χ4v) is 2.15. The first-order valence-corrected chi connectivity index (χ1v) is 6.09. The molecule has 0 spiro atoms. The van der Waals surface area contributed by atoms with Crippen molar-refractivity contribution < 1.29 is 9.21 Å². The Morgan fingerprint density at radius 1 is 1.44 bits per heavy atom. The van der Waals surface area contributed by atoms with E-state index in [0.717, 1.165) is 23.4 Å². The molecule has 0 N–H and O–H groups in total. The summed E-state index contributed by atoms with van der Waals surface area (Å²) >= 11 is 0. The van der Waals surface area contributed by atoms with Gasteiger partial charge in [0.1, 0.15) is 5.78 Å². The SMILES string of the molecule is Cc1nn(C)c(C)c1CCC(=O)Cc1ccoc1. The second kappa shape index (κ2) is 5.21. The molecular weight excluding hydrogens is 228 g/mol. The number of nitrogens with zero attached hydrogens (tertiary/aromatic N) is 2. The first-order valence-electron chi connectivity index (χ1n) is 6.09. The molecule has 0 aliphatic rings. The van der Waals surface area contributed by atoms with Crippen molar-refractivity contribution in [3.8, 4) is 0 Å². The van der Waals surface area contributed by atoms with Crippen molar-refractivity contribution in [3.63, 3.8) is 0 Å². The molecule has 0 bridgehead atoms. The van der Waals surface area contributed by atoms with Crippen LogP contribution in [0.1, 0.15) is 28.9 Å². The highest BCUT2D eigenvalue weighted by Gasteiger charge is 2.11. The van der Waals surface area contributed by atoms with Crippen LogP contribution in [0.3, 0.4) is 0 Å². The third-order valence-corrected chi connectivity index (χ3v) is 3.29. The van der Waals surface area contributed by atoms with Gasteiger partial charge in [-0.15, -0.1) is 0 Å². The third-order valence-electron chi connectivity index (χ3n) is 3.29. The van der Waals surface area contributed by atoms with Gasteiger partial charge in [-0.1, -0.05) is 0 Å². The van der Waals surface area contributed by atoms with Gasteiger partial charge in [0.2, 0.25) is 0 Å². The summed E-state index contributed by atoms with van der Waals surface area (Å²) in [7, 11) is 1.93. The van der Waals surface area contributed by atoms with E-state index in [0.29, 0.717) is 12.8 Å². The lowest BCUT2D eigenvalue weighted by Crippen LogP contribution is -2.04. The molecule has 4 heteroatoms. The van der Waals surface area contributed by atoms with Crippen molar-refractivity contribution in [3.05, 3.63) is 41.1 Å². The number of carbonyl (C=O) groups is 1. The van der Waals surface area contributed by atoms with Crippen LogP contribution < -0.4 is 0 Å². The normalized spacial score (nSPS) is 10.8. The van der Waals surface area contributed by atoms with Gasteiger partial charge in [0.15, 0.2) is 0 Å². The molecule has 2 aromatic heterocycles. The predicted molar refractivity (Wildman–Crippen MR) is 68.4 cm³/mol. The van der Waals surface area contributed by atoms with E-state index in [9.17, 15) is 4.79 Å². The van der Waals surface area contributed by atoms with Crippen LogP contribution in [0, 0.1) is 13.8 Å². The van der Waals surface area contributed by atoms with Gasteiger partial charge in [0, 0.05) is 25.6 Å². The van der Waals surface area contributed by atoms with Gasteiger partial charge in [0.05, 0.1) is 18.2 Å². The molecule has 0 radical (unpaired) electrons. The topological polar surface area (TPSA) is 48.0 Å². The molecule has 0 aliphatic carbocycles. The van der Waals surface area contributed by atoms with Crippen molar-refractivity contribution in [2.24, 2.45) is 7.05 Å². The van der Waals surface area contributed by atoms with Crippen LogP contribution in [0.2, 0.25) is 0 Å². The molecule has 2 rings (SSSR count). The number of hydrogen-bond donors (Lipinski definition) is 0. The monoisotopic (exact) mass is 246 g/mol. The summed E-state index contributed by atoms with van der Waals surface area (Å²) in [5.74, 6) is 0.235. The zero-order chi connectivity index (χ0) is 13.1. The number of hydrogen-bond acceptors (Lipinski definition) is 3. The van der Waals surface area contributed by atoms with E-state index in [1.54, 1.807) is 12.5 Å². The largest absolute Gasteiger partial charge is 0.472 e. The highest BCUT2D eigenvalue weighted by Crippen LogP contribution is 2.15. The fraction of sp³-hybridized carbons (Fsp3) is 0.429. The van der Waals surface area contributed by atoms with Crippen LogP contribution in [0.25, 0.3) is 0 Å². The van der Waals surface area contributed by atoms with E-state index in [-0.39, 0.29) is 5.78 Å². The Kier molecular flexibility index (Phi) is 3.65. The van der Waals surface area contributed by atoms with Crippen molar-refractivity contribution in [2.75, 3.05) is 0 Å². The summed E-state index contributed by atoms with van der Waals surface area (Å²) < 4.78 is 6.82. The minimum atomic E-state index is 0.235. The Balaban J connectivity index is 1.93. The molecule has 4 nitrogen and oxygen atoms in total. The maximum absolute atomic E-state index is 11.8. The molecule has 0 aromatic carbocycles. The van der Waals surface area contributed by atoms with E-state index in [1.807, 2.05) is 31.6 Å². The van der Waals surface area contributed by atoms with Crippen LogP contribution in [0.5, 0.6) is 0 Å². The molecule has 2 aromatic rings. The van der Waals surface area contributed by atoms with Crippen LogP contribution in [-0.4, -0.2) is 15.6 Å². The molecule has 0 amide bonds. The van der Waals surface area contributed by atoms with Crippen molar-refractivity contribution in [2.45, 2.75) is 33.1 Å². The summed E-state index contributed by atoms with van der Waals surface area (Å²) in [6, 6.07) is 1.83. The molecule has 2 heterocycles. The molecular formula is C14H18N2O2. The number of furan rings is 1. The van der Waals surface area contributed by atoms with Crippen LogP contribution >= 0.6 is 0 Å². The van der Waals surface area contributed by atoms with Gasteiger partial charge in [-0.05, 0) is 37.5 Å². The van der Waals surface area contributed by atoms with Gasteiger partial charge < -0.3 is 4.42 Å². The van der Waals surface area contributed by atoms with Gasteiger partial charge in [-0.2, -0.15) is 5.10 Å². The minimum absolute atomic E-state index is 0.235. The van der Waals surface area contributed by atoms with E-state index >= 15 is 0 Å². The molecule has 0 atom stereocenters. The smallest absolute Gasteiger partial charge is 0.137 e. The first kappa shape index (κ1) is 12.6. The molecule has 0 aliphatic heterocycles. The number of carbonyl (C=O) groups excluding carboxylic acids is 1. The van der Waals surface area contributed by atoms with E-state index < -0.39 is 0 Å². The summed E-state index contributed by atoms with van der Waals surface area (Å²) in [6.07, 6.45) is 4.99. The molecule has 0 saturated heterocycles. The number of Topliss-reactive ketones (excluding diaryl/α,β-unsaturated/α-hetero) is 1. The van der Waals surface area contributed by atoms with Crippen LogP contribution in [-0.2, 0) is 24.7 Å². The van der Waals surface area contributed by atoms with Gasteiger partial charge in [0.25, 0.3) is 0 Å². The summed E-state index contributed by atoms with van der Waals surface area (Å²) in [5, 5.41) is 4.35. The molecule has 18 heavy (non-hydrogen) atoms. The van der Waals surface area contributed by atoms with Gasteiger partial charge in [-0.25, -0.2) is 0 Å². The highest BCUT2D eigenvalue weighted by atomic mass is 16.3. The van der Waals surface area contributed by atoms with Crippen molar-refractivity contribution in [1.29, 1.82) is 0 Å². The van der Waals surface area contributed by atoms with E-state index in [2.05, 4.69) is 5.10 Å². The number of rotatable bonds is 5. The minimum Gasteiger partial charge on any atom is -0.472 e. The summed E-state index contributed by atoms with van der Waals surface area (Å²) in [5.41, 5.74) is 4.30. The maximum Gasteiger partial charge on any atom is 0.137 e. The zero-order valence-corrected chi connectivity index (χ0v) is 11.1. The van der Waals surface area contributed by atoms with Crippen molar-refractivity contribution in [1.82, 2.24) is 9.78 Å². The summed E-state index contributed by atoms with van der Waals surface area (Å²) in [4.78, 5) is 11.8. The highest BCUT2D eigenvalue weighted by molar-refractivity contribution is 5.81. The Labute approximate surface area is 107 Å². The number of aromatic nitrogens is 2. The average molecular weight is 246 g/mol. The van der Waals surface area contributed by atoms with Gasteiger partial charge in [-0.3, -0.25) is 9.48 Å². The van der Waals surface area contributed by atoms with Crippen LogP contribution in [0.4, 0.5) is 0 Å². The fourth-order valence-electron chi connectivity index (χ4n) is 2.15. The second-order valence-corrected chi connectivity index (χ2v) is 4.62. The Bertz CT molecular complexity index is 538. The van der Waals surface area contributed by atoms with Crippen LogP contribution in [0.15, 0.2) is 23.0 Å². The lowest BCUT2D eigenvalue weighted by atomic mass is 10.0. The number of ketones is 1. The third kappa shape index (κ3) is 2.70.